The van der Waals surface area contributed by atoms with Gasteiger partial charge >= 0.3 is 0 Å². The SMILES string of the molecule is Cc1cc(NCCOc2ccc3c(c2)CCC(=O)N3)c2cccc([N+](=O)[O-])c2n1. The Hall–Kier alpha value is -3.68. The van der Waals surface area contributed by atoms with Gasteiger partial charge in [-0.1, -0.05) is 12.1 Å². The van der Waals surface area contributed by atoms with E-state index in [4.69, 9.17) is 4.74 Å². The van der Waals surface area contributed by atoms with Crippen LogP contribution in [-0.4, -0.2) is 29.0 Å². The summed E-state index contributed by atoms with van der Waals surface area (Å²) in [4.78, 5) is 26.6. The molecule has 29 heavy (non-hydrogen) atoms. The van der Waals surface area contributed by atoms with Crippen molar-refractivity contribution in [1.82, 2.24) is 4.98 Å². The molecule has 148 valence electrons. The summed E-state index contributed by atoms with van der Waals surface area (Å²) in [6.07, 6.45) is 1.19. The molecule has 1 aliphatic heterocycles. The number of ether oxygens (including phenoxy) is 1. The van der Waals surface area contributed by atoms with Crippen molar-refractivity contribution in [3.63, 3.8) is 0 Å². The van der Waals surface area contributed by atoms with E-state index in [1.807, 2.05) is 37.3 Å². The molecule has 2 N–H and O–H groups in total. The fraction of sp³-hybridized carbons (Fsp3) is 0.238. The van der Waals surface area contributed by atoms with Crippen LogP contribution in [0.25, 0.3) is 10.9 Å². The lowest BCUT2D eigenvalue weighted by Crippen LogP contribution is -2.19. The Balaban J connectivity index is 1.44. The highest BCUT2D eigenvalue weighted by Gasteiger charge is 2.16. The monoisotopic (exact) mass is 392 g/mol. The molecule has 3 aromatic rings. The molecular formula is C21H20N4O4. The molecule has 1 aliphatic rings. The first kappa shape index (κ1) is 18.7. The molecule has 0 atom stereocenters. The molecule has 8 heteroatoms. The number of hydrogen-bond acceptors (Lipinski definition) is 6. The molecule has 0 saturated carbocycles. The third-order valence-electron chi connectivity index (χ3n) is 4.80. The molecular weight excluding hydrogens is 372 g/mol. The quantitative estimate of drug-likeness (QED) is 0.375. The van der Waals surface area contributed by atoms with Gasteiger partial charge < -0.3 is 15.4 Å². The topological polar surface area (TPSA) is 106 Å². The van der Waals surface area contributed by atoms with Crippen LogP contribution in [0.1, 0.15) is 17.7 Å². The Morgan fingerprint density at radius 2 is 2.10 bits per heavy atom. The van der Waals surface area contributed by atoms with Gasteiger partial charge in [0.05, 0.1) is 4.92 Å². The highest BCUT2D eigenvalue weighted by atomic mass is 16.6. The van der Waals surface area contributed by atoms with E-state index in [2.05, 4.69) is 15.6 Å². The largest absolute Gasteiger partial charge is 0.492 e. The number of nitrogens with one attached hydrogen (secondary N) is 2. The summed E-state index contributed by atoms with van der Waals surface area (Å²) in [7, 11) is 0. The number of aromatic nitrogens is 1. The van der Waals surface area contributed by atoms with E-state index in [-0.39, 0.29) is 11.6 Å². The summed E-state index contributed by atoms with van der Waals surface area (Å²) < 4.78 is 5.83. The number of hydrogen-bond donors (Lipinski definition) is 2. The van der Waals surface area contributed by atoms with Crippen molar-refractivity contribution in [2.75, 3.05) is 23.8 Å². The fourth-order valence-corrected chi connectivity index (χ4v) is 3.46. The van der Waals surface area contributed by atoms with Gasteiger partial charge in [-0.15, -0.1) is 0 Å². The lowest BCUT2D eigenvalue weighted by molar-refractivity contribution is -0.383. The van der Waals surface area contributed by atoms with Gasteiger partial charge in [0.1, 0.15) is 12.4 Å². The van der Waals surface area contributed by atoms with Gasteiger partial charge in [0.15, 0.2) is 5.52 Å². The van der Waals surface area contributed by atoms with Crippen LogP contribution in [0.15, 0.2) is 42.5 Å². The van der Waals surface area contributed by atoms with Crippen molar-refractivity contribution in [1.29, 1.82) is 0 Å². The minimum absolute atomic E-state index is 0.00773. The number of amides is 1. The maximum Gasteiger partial charge on any atom is 0.295 e. The molecule has 0 spiro atoms. The van der Waals surface area contributed by atoms with Crippen molar-refractivity contribution in [2.45, 2.75) is 19.8 Å². The Morgan fingerprint density at radius 1 is 1.24 bits per heavy atom. The zero-order valence-electron chi connectivity index (χ0n) is 15.9. The summed E-state index contributed by atoms with van der Waals surface area (Å²) in [5, 5.41) is 18.1. The predicted molar refractivity (Wildman–Crippen MR) is 111 cm³/mol. The zero-order chi connectivity index (χ0) is 20.4. The summed E-state index contributed by atoms with van der Waals surface area (Å²) in [5.74, 6) is 0.781. The predicted octanol–water partition coefficient (Wildman–Crippen LogP) is 3.83. The first-order valence-electron chi connectivity index (χ1n) is 9.35. The zero-order valence-corrected chi connectivity index (χ0v) is 15.9. The fourth-order valence-electron chi connectivity index (χ4n) is 3.46. The first-order chi connectivity index (χ1) is 14.0. The van der Waals surface area contributed by atoms with Crippen molar-refractivity contribution in [3.8, 4) is 5.75 Å². The molecule has 4 rings (SSSR count). The summed E-state index contributed by atoms with van der Waals surface area (Å²) in [6.45, 7) is 2.75. The number of nitrogens with zero attached hydrogens (tertiary/aromatic N) is 2. The summed E-state index contributed by atoms with van der Waals surface area (Å²) in [5.41, 5.74) is 3.76. The molecule has 2 heterocycles. The number of nitro groups is 1. The number of fused-ring (bicyclic) bond motifs is 2. The number of non-ortho nitro benzene ring substituents is 1. The number of anilines is 2. The van der Waals surface area contributed by atoms with Crippen LogP contribution >= 0.6 is 0 Å². The van der Waals surface area contributed by atoms with E-state index >= 15 is 0 Å². The Bertz CT molecular complexity index is 1110. The van der Waals surface area contributed by atoms with Crippen LogP contribution in [-0.2, 0) is 11.2 Å². The van der Waals surface area contributed by atoms with Crippen LogP contribution < -0.4 is 15.4 Å². The van der Waals surface area contributed by atoms with Gasteiger partial charge in [0.2, 0.25) is 5.91 Å². The van der Waals surface area contributed by atoms with E-state index in [0.29, 0.717) is 42.6 Å². The van der Waals surface area contributed by atoms with Crippen LogP contribution in [0.5, 0.6) is 5.75 Å². The molecule has 0 unspecified atom stereocenters. The van der Waals surface area contributed by atoms with Crippen molar-refractivity contribution < 1.29 is 14.5 Å². The normalized spacial score (nSPS) is 12.9. The van der Waals surface area contributed by atoms with Crippen molar-refractivity contribution in [2.24, 2.45) is 0 Å². The van der Waals surface area contributed by atoms with Gasteiger partial charge in [-0.2, -0.15) is 0 Å². The van der Waals surface area contributed by atoms with Gasteiger partial charge in [0.25, 0.3) is 5.69 Å². The lowest BCUT2D eigenvalue weighted by atomic mass is 10.0. The van der Waals surface area contributed by atoms with Crippen LogP contribution in [0.4, 0.5) is 17.1 Å². The number of carbonyl (C=O) groups is 1. The number of benzene rings is 2. The number of pyridine rings is 1. The smallest absolute Gasteiger partial charge is 0.295 e. The maximum absolute atomic E-state index is 11.4. The molecule has 0 saturated heterocycles. The molecule has 1 aromatic heterocycles. The molecule has 2 aromatic carbocycles. The molecule has 0 radical (unpaired) electrons. The van der Waals surface area contributed by atoms with Gasteiger partial charge in [0, 0.05) is 41.5 Å². The third-order valence-corrected chi connectivity index (χ3v) is 4.80. The first-order valence-corrected chi connectivity index (χ1v) is 9.35. The van der Waals surface area contributed by atoms with E-state index in [0.717, 1.165) is 22.7 Å². The van der Waals surface area contributed by atoms with Crippen molar-refractivity contribution in [3.05, 3.63) is 63.8 Å². The van der Waals surface area contributed by atoms with Gasteiger partial charge in [-0.25, -0.2) is 4.98 Å². The second-order valence-electron chi connectivity index (χ2n) is 6.88. The van der Waals surface area contributed by atoms with E-state index in [1.54, 1.807) is 6.07 Å². The van der Waals surface area contributed by atoms with Gasteiger partial charge in [-0.3, -0.25) is 14.9 Å². The Morgan fingerprint density at radius 3 is 2.93 bits per heavy atom. The number of carbonyl (C=O) groups excluding carboxylic acids is 1. The number of rotatable bonds is 6. The van der Waals surface area contributed by atoms with E-state index in [1.165, 1.54) is 6.07 Å². The average molecular weight is 392 g/mol. The molecule has 0 bridgehead atoms. The van der Waals surface area contributed by atoms with E-state index in [9.17, 15) is 14.9 Å². The van der Waals surface area contributed by atoms with E-state index < -0.39 is 4.92 Å². The number of nitro benzene ring substituents is 1. The summed E-state index contributed by atoms with van der Waals surface area (Å²) >= 11 is 0. The second kappa shape index (κ2) is 7.75. The summed E-state index contributed by atoms with van der Waals surface area (Å²) in [6, 6.07) is 12.4. The lowest BCUT2D eigenvalue weighted by Gasteiger charge is -2.18. The van der Waals surface area contributed by atoms with Crippen LogP contribution in [0.3, 0.4) is 0 Å². The number of para-hydroxylation sites is 1. The molecule has 0 fully saturated rings. The minimum Gasteiger partial charge on any atom is -0.492 e. The molecule has 0 aliphatic carbocycles. The standard InChI is InChI=1S/C21H20N4O4/c1-13-11-18(16-3-2-4-19(25(27)28)21(16)23-13)22-9-10-29-15-6-7-17-14(12-15)5-8-20(26)24-17/h2-4,6-7,11-12H,5,8-10H2,1H3,(H,22,23)(H,24,26). The minimum atomic E-state index is -0.416. The Kier molecular flexibility index (Phi) is 4.99. The third kappa shape index (κ3) is 3.96. The maximum atomic E-state index is 11.4. The molecule has 8 nitrogen and oxygen atoms in total. The second-order valence-corrected chi connectivity index (χ2v) is 6.88. The van der Waals surface area contributed by atoms with Gasteiger partial charge in [-0.05, 0) is 43.2 Å². The van der Waals surface area contributed by atoms with Crippen LogP contribution in [0, 0.1) is 17.0 Å². The van der Waals surface area contributed by atoms with Crippen molar-refractivity contribution >= 4 is 33.9 Å². The number of aryl methyl sites for hydroxylation is 2. The molecule has 1 amide bonds. The highest BCUT2D eigenvalue weighted by molar-refractivity contribution is 5.96. The average Bonchev–Trinajstić information content (AvgIpc) is 2.70. The Labute approximate surface area is 167 Å². The van der Waals surface area contributed by atoms with Crippen LogP contribution in [0.2, 0.25) is 0 Å². The highest BCUT2D eigenvalue weighted by Crippen LogP contribution is 2.30.